The van der Waals surface area contributed by atoms with Gasteiger partial charge < -0.3 is 23.7 Å². The van der Waals surface area contributed by atoms with Gasteiger partial charge in [-0.15, -0.1) is 0 Å². The number of carbonyl (C=O) groups is 3. The molecule has 0 aliphatic heterocycles. The molecule has 0 aliphatic rings. The summed E-state index contributed by atoms with van der Waals surface area (Å²) in [7, 11) is 3.07. The highest BCUT2D eigenvalue weighted by Crippen LogP contribution is 2.29. The molecule has 16 nitrogen and oxygen atoms in total. The van der Waals surface area contributed by atoms with Crippen LogP contribution in [0.3, 0.4) is 0 Å². The molecular formula is C45H43ClF6N4O12. The van der Waals surface area contributed by atoms with E-state index in [1.165, 1.54) is 57.4 Å². The first-order chi connectivity index (χ1) is 31.7. The minimum absolute atomic E-state index is 0.0779. The van der Waals surface area contributed by atoms with Gasteiger partial charge in [-0.1, -0.05) is 43.3 Å². The zero-order valence-electron chi connectivity index (χ0n) is 37.2. The van der Waals surface area contributed by atoms with Gasteiger partial charge in [0.05, 0.1) is 29.1 Å². The van der Waals surface area contributed by atoms with Crippen LogP contribution in [-0.2, 0) is 63.3 Å². The predicted octanol–water partition coefficient (Wildman–Crippen LogP) is 6.51. The fourth-order valence-electron chi connectivity index (χ4n) is 6.02. The molecule has 0 N–H and O–H groups in total. The van der Waals surface area contributed by atoms with Gasteiger partial charge in [0.15, 0.2) is 6.10 Å². The van der Waals surface area contributed by atoms with Crippen LogP contribution in [0.5, 0.6) is 11.5 Å². The number of alkyl halides is 6. The lowest BCUT2D eigenvalue weighted by molar-refractivity contribution is -0.161. The first-order valence-corrected chi connectivity index (χ1v) is 20.3. The van der Waals surface area contributed by atoms with Crippen molar-refractivity contribution < 1.29 is 64.4 Å². The second-order valence-electron chi connectivity index (χ2n) is 14.9. The molecular weight excluding hydrogens is 938 g/mol. The van der Waals surface area contributed by atoms with Crippen molar-refractivity contribution in [2.24, 2.45) is 14.1 Å². The van der Waals surface area contributed by atoms with Gasteiger partial charge in [0.1, 0.15) is 36.1 Å². The standard InChI is InChI=1S/C25H25F3N2O6.C20H18ClF3N2O6/c1-5-16-6-7-17(20(12-16)36-15(2)23(32)34-4)14-35-19-10-8-18(9-11-19)30-22(31)13-21(25(26,27)28)29(3)24(30)33;1-5-8-31-17(29)19(2,3)32-16(28)12-9-11(6-7-13(12)21)26-15(27)10-14(20(22,23)24)25(4)18(26)30/h6-13,15H,5,14H2,1-4H3;5-7,9-10H,1,8H2,2-4H3. The third kappa shape index (κ3) is 12.5. The van der Waals surface area contributed by atoms with Crippen molar-refractivity contribution in [3.05, 3.63) is 160 Å². The summed E-state index contributed by atoms with van der Waals surface area (Å²) >= 11 is 6.02. The Kier molecular flexibility index (Phi) is 16.8. The largest absolute Gasteiger partial charge is 0.489 e. The molecule has 0 radical (unpaired) electrons. The molecule has 5 aromatic rings. The van der Waals surface area contributed by atoms with Gasteiger partial charge in [0.25, 0.3) is 11.1 Å². The Bertz CT molecular complexity index is 2960. The maximum atomic E-state index is 13.1. The molecule has 2 aromatic heterocycles. The number of benzene rings is 3. The van der Waals surface area contributed by atoms with Crippen LogP contribution in [0.25, 0.3) is 11.4 Å². The van der Waals surface area contributed by atoms with Crippen molar-refractivity contribution in [1.82, 2.24) is 18.3 Å². The van der Waals surface area contributed by atoms with E-state index in [2.05, 4.69) is 6.58 Å². The van der Waals surface area contributed by atoms with Crippen molar-refractivity contribution in [2.45, 2.75) is 64.8 Å². The minimum atomic E-state index is -4.92. The molecule has 0 spiro atoms. The molecule has 68 heavy (non-hydrogen) atoms. The Hall–Kier alpha value is -7.36. The average Bonchev–Trinajstić information content (AvgIpc) is 3.27. The summed E-state index contributed by atoms with van der Waals surface area (Å²) in [5.41, 5.74) is -8.08. The van der Waals surface area contributed by atoms with Crippen LogP contribution < -0.4 is 32.0 Å². The zero-order valence-corrected chi connectivity index (χ0v) is 38.0. The van der Waals surface area contributed by atoms with Gasteiger partial charge in [0.2, 0.25) is 5.60 Å². The van der Waals surface area contributed by atoms with Crippen LogP contribution in [0, 0.1) is 0 Å². The summed E-state index contributed by atoms with van der Waals surface area (Å²) in [6.07, 6.45) is -8.51. The fraction of sp³-hybridized carbons (Fsp3) is 0.311. The van der Waals surface area contributed by atoms with Crippen molar-refractivity contribution in [2.75, 3.05) is 13.7 Å². The van der Waals surface area contributed by atoms with Crippen LogP contribution in [0.1, 0.15) is 60.6 Å². The highest BCUT2D eigenvalue weighted by molar-refractivity contribution is 6.33. The lowest BCUT2D eigenvalue weighted by Gasteiger charge is -2.23. The molecule has 2 heterocycles. The molecule has 3 aromatic carbocycles. The molecule has 1 atom stereocenters. The van der Waals surface area contributed by atoms with E-state index in [0.29, 0.717) is 36.8 Å². The second-order valence-corrected chi connectivity index (χ2v) is 15.3. The third-order valence-electron chi connectivity index (χ3n) is 9.69. The summed E-state index contributed by atoms with van der Waals surface area (Å²) in [5.74, 6) is -1.64. The Morgan fingerprint density at radius 1 is 0.779 bits per heavy atom. The Balaban J connectivity index is 0.000000299. The predicted molar refractivity (Wildman–Crippen MR) is 232 cm³/mol. The maximum Gasteiger partial charge on any atom is 0.431 e. The van der Waals surface area contributed by atoms with Crippen LogP contribution in [0.2, 0.25) is 5.02 Å². The van der Waals surface area contributed by atoms with Gasteiger partial charge in [-0.25, -0.2) is 33.1 Å². The molecule has 23 heteroatoms. The van der Waals surface area contributed by atoms with Crippen molar-refractivity contribution in [3.63, 3.8) is 0 Å². The minimum Gasteiger partial charge on any atom is -0.489 e. The van der Waals surface area contributed by atoms with Crippen molar-refractivity contribution >= 4 is 29.5 Å². The highest BCUT2D eigenvalue weighted by atomic mass is 35.5. The molecule has 0 bridgehead atoms. The Morgan fingerprint density at radius 3 is 1.81 bits per heavy atom. The monoisotopic (exact) mass is 980 g/mol. The van der Waals surface area contributed by atoms with Gasteiger partial charge in [-0.3, -0.25) is 18.7 Å². The van der Waals surface area contributed by atoms with Crippen molar-refractivity contribution in [3.8, 4) is 22.9 Å². The number of aryl methyl sites for hydroxylation is 1. The van der Waals surface area contributed by atoms with Crippen LogP contribution in [0.4, 0.5) is 26.3 Å². The number of esters is 3. The molecule has 1 unspecified atom stereocenters. The summed E-state index contributed by atoms with van der Waals surface area (Å²) < 4.78 is 106. The number of hydrogen-bond acceptors (Lipinski definition) is 12. The first kappa shape index (κ1) is 53.3. The number of nitrogens with zero attached hydrogens (tertiary/aromatic N) is 4. The quantitative estimate of drug-likeness (QED) is 0.0510. The SMILES string of the molecule is C=CCOC(=O)C(C)(C)OC(=O)c1cc(-n2c(=O)cc(C(F)(F)F)n(C)c2=O)ccc1Cl.CCc1ccc(COc2ccc(-n3c(=O)cc(C(F)(F)F)n(C)c3=O)cc2)c(OC(C)C(=O)OC)c1. The third-order valence-corrected chi connectivity index (χ3v) is 10.0. The Morgan fingerprint density at radius 2 is 1.31 bits per heavy atom. The van der Waals surface area contributed by atoms with E-state index in [4.69, 9.17) is 35.3 Å². The van der Waals surface area contributed by atoms with E-state index in [1.807, 2.05) is 25.1 Å². The number of ether oxygens (including phenoxy) is 5. The summed E-state index contributed by atoms with van der Waals surface area (Å²) in [6, 6.07) is 15.2. The average molecular weight is 981 g/mol. The highest BCUT2D eigenvalue weighted by Gasteiger charge is 2.37. The lowest BCUT2D eigenvalue weighted by atomic mass is 10.1. The molecule has 5 rings (SSSR count). The van der Waals surface area contributed by atoms with Crippen LogP contribution in [0.15, 0.2) is 105 Å². The smallest absolute Gasteiger partial charge is 0.431 e. The van der Waals surface area contributed by atoms with E-state index >= 15 is 0 Å². The van der Waals surface area contributed by atoms with E-state index in [9.17, 15) is 59.9 Å². The number of hydrogen-bond donors (Lipinski definition) is 0. The number of aromatic nitrogens is 4. The van der Waals surface area contributed by atoms with E-state index in [0.717, 1.165) is 38.2 Å². The van der Waals surface area contributed by atoms with Gasteiger partial charge in [-0.05, 0) is 81.3 Å². The summed E-state index contributed by atoms with van der Waals surface area (Å²) in [6.45, 7) is 9.44. The van der Waals surface area contributed by atoms with Crippen molar-refractivity contribution in [1.29, 1.82) is 0 Å². The molecule has 364 valence electrons. The number of methoxy groups -OCH3 is 1. The summed E-state index contributed by atoms with van der Waals surface area (Å²) in [4.78, 5) is 85.9. The van der Waals surface area contributed by atoms with Gasteiger partial charge in [0, 0.05) is 31.8 Å². The normalized spacial score (nSPS) is 12.0. The van der Waals surface area contributed by atoms with E-state index in [1.54, 1.807) is 6.92 Å². The second kappa shape index (κ2) is 21.5. The fourth-order valence-corrected chi connectivity index (χ4v) is 6.22. The molecule has 0 fully saturated rings. The molecule has 0 saturated carbocycles. The lowest BCUT2D eigenvalue weighted by Crippen LogP contribution is -2.41. The molecule has 0 amide bonds. The van der Waals surface area contributed by atoms with Crippen LogP contribution >= 0.6 is 11.6 Å². The molecule has 0 aliphatic carbocycles. The first-order valence-electron chi connectivity index (χ1n) is 19.9. The number of halogens is 7. The number of rotatable bonds is 14. The van der Waals surface area contributed by atoms with Crippen LogP contribution in [-0.4, -0.2) is 61.6 Å². The zero-order chi connectivity index (χ0) is 51.1. The van der Waals surface area contributed by atoms with E-state index < -0.39 is 75.9 Å². The maximum absolute atomic E-state index is 13.1. The topological polar surface area (TPSA) is 185 Å². The van der Waals surface area contributed by atoms with Gasteiger partial charge >= 0.3 is 41.6 Å². The molecule has 0 saturated heterocycles. The van der Waals surface area contributed by atoms with E-state index in [-0.39, 0.29) is 45.8 Å². The Labute approximate surface area is 387 Å². The van der Waals surface area contributed by atoms with Gasteiger partial charge in [-0.2, -0.15) is 26.3 Å². The summed E-state index contributed by atoms with van der Waals surface area (Å²) in [5, 5.41) is -0.147. The number of carbonyl (C=O) groups excluding carboxylic acids is 3.